The van der Waals surface area contributed by atoms with Gasteiger partial charge in [0.05, 0.1) is 11.0 Å². The molecule has 1 aromatic heterocycles. The Morgan fingerprint density at radius 3 is 2.70 bits per heavy atom. The molecule has 2 rings (SSSR count). The molecule has 0 radical (unpaired) electrons. The zero-order valence-corrected chi connectivity index (χ0v) is 11.6. The van der Waals surface area contributed by atoms with E-state index in [-0.39, 0.29) is 22.2 Å². The van der Waals surface area contributed by atoms with E-state index < -0.39 is 16.8 Å². The van der Waals surface area contributed by atoms with Crippen molar-refractivity contribution in [2.45, 2.75) is 19.9 Å². The molecule has 0 saturated carbocycles. The van der Waals surface area contributed by atoms with Crippen molar-refractivity contribution in [2.24, 2.45) is 0 Å². The number of nitro groups is 1. The van der Waals surface area contributed by atoms with Gasteiger partial charge < -0.3 is 5.73 Å². The van der Waals surface area contributed by atoms with Crippen molar-refractivity contribution in [3.63, 3.8) is 0 Å². The van der Waals surface area contributed by atoms with Gasteiger partial charge in [-0.3, -0.25) is 10.1 Å². The summed E-state index contributed by atoms with van der Waals surface area (Å²) in [5.41, 5.74) is 6.34. The smallest absolute Gasteiger partial charge is 0.333 e. The van der Waals surface area contributed by atoms with Crippen LogP contribution in [0, 0.1) is 22.9 Å². The third-order valence-electron chi connectivity index (χ3n) is 3.05. The number of aromatic nitrogens is 2. The second-order valence-corrected chi connectivity index (χ2v) is 4.77. The summed E-state index contributed by atoms with van der Waals surface area (Å²) in [6.07, 6.45) is 0. The van der Waals surface area contributed by atoms with Gasteiger partial charge in [0.15, 0.2) is 0 Å². The molecule has 6 nitrogen and oxygen atoms in total. The van der Waals surface area contributed by atoms with Gasteiger partial charge in [0, 0.05) is 5.02 Å². The fraction of sp³-hybridized carbons (Fsp3) is 0.250. The molecule has 0 spiro atoms. The maximum absolute atomic E-state index is 13.0. The number of nitrogens with two attached hydrogens (primary N) is 1. The topological polar surface area (TPSA) is 87.0 Å². The van der Waals surface area contributed by atoms with Crippen LogP contribution in [0.25, 0.3) is 0 Å². The normalized spacial score (nSPS) is 12.4. The van der Waals surface area contributed by atoms with Crippen molar-refractivity contribution in [1.82, 2.24) is 9.78 Å². The Kier molecular flexibility index (Phi) is 3.63. The van der Waals surface area contributed by atoms with E-state index >= 15 is 0 Å². The van der Waals surface area contributed by atoms with Crippen LogP contribution in [-0.4, -0.2) is 14.7 Å². The minimum Gasteiger partial charge on any atom is -0.378 e. The van der Waals surface area contributed by atoms with E-state index in [2.05, 4.69) is 5.10 Å². The van der Waals surface area contributed by atoms with Crippen LogP contribution in [0.5, 0.6) is 0 Å². The van der Waals surface area contributed by atoms with Gasteiger partial charge in [-0.25, -0.2) is 9.07 Å². The molecular formula is C12H12ClFN4O2. The van der Waals surface area contributed by atoms with Gasteiger partial charge in [-0.2, -0.15) is 5.10 Å². The molecule has 0 amide bonds. The zero-order chi connectivity index (χ0) is 15.0. The van der Waals surface area contributed by atoms with Crippen LogP contribution in [0.15, 0.2) is 18.2 Å². The van der Waals surface area contributed by atoms with E-state index in [0.717, 1.165) is 0 Å². The summed E-state index contributed by atoms with van der Waals surface area (Å²) in [6, 6.07) is 3.49. The van der Waals surface area contributed by atoms with Crippen molar-refractivity contribution >= 4 is 23.1 Å². The van der Waals surface area contributed by atoms with E-state index in [4.69, 9.17) is 17.3 Å². The summed E-state index contributed by atoms with van der Waals surface area (Å²) in [5.74, 6) is -0.512. The molecule has 0 fully saturated rings. The van der Waals surface area contributed by atoms with Gasteiger partial charge in [-0.15, -0.1) is 0 Å². The predicted molar refractivity (Wildman–Crippen MR) is 73.3 cm³/mol. The first kappa shape index (κ1) is 14.3. The van der Waals surface area contributed by atoms with E-state index in [1.807, 2.05) is 0 Å². The Bertz CT molecular complexity index is 686. The number of halogens is 2. The molecule has 20 heavy (non-hydrogen) atoms. The Balaban J connectivity index is 2.51. The van der Waals surface area contributed by atoms with E-state index in [9.17, 15) is 14.5 Å². The molecule has 0 aliphatic rings. The maximum Gasteiger partial charge on any atom is 0.333 e. The van der Waals surface area contributed by atoms with E-state index in [1.54, 1.807) is 6.92 Å². The third-order valence-corrected chi connectivity index (χ3v) is 3.38. The highest BCUT2D eigenvalue weighted by Crippen LogP contribution is 2.32. The number of aryl methyl sites for hydroxylation is 1. The fourth-order valence-corrected chi connectivity index (χ4v) is 2.37. The lowest BCUT2D eigenvalue weighted by atomic mass is 10.1. The number of nitrogens with zero attached hydrogens (tertiary/aromatic N) is 3. The largest absolute Gasteiger partial charge is 0.378 e. The number of rotatable bonds is 3. The molecule has 1 heterocycles. The Morgan fingerprint density at radius 2 is 2.20 bits per heavy atom. The first-order chi connectivity index (χ1) is 9.32. The van der Waals surface area contributed by atoms with Gasteiger partial charge in [0.2, 0.25) is 5.82 Å². The highest BCUT2D eigenvalue weighted by molar-refractivity contribution is 6.31. The van der Waals surface area contributed by atoms with Crippen molar-refractivity contribution in [2.75, 3.05) is 5.73 Å². The summed E-state index contributed by atoms with van der Waals surface area (Å²) >= 11 is 5.98. The summed E-state index contributed by atoms with van der Waals surface area (Å²) in [5, 5.41) is 15.2. The first-order valence-corrected chi connectivity index (χ1v) is 6.14. The van der Waals surface area contributed by atoms with E-state index in [0.29, 0.717) is 5.56 Å². The highest BCUT2D eigenvalue weighted by atomic mass is 35.5. The third kappa shape index (κ3) is 2.32. The highest BCUT2D eigenvalue weighted by Gasteiger charge is 2.26. The SMILES string of the molecule is Cc1nn(C(C)c2ccc(F)cc2Cl)c(N)c1[N+](=O)[O-]. The first-order valence-electron chi connectivity index (χ1n) is 5.76. The van der Waals surface area contributed by atoms with Crippen LogP contribution >= 0.6 is 11.6 Å². The van der Waals surface area contributed by atoms with Gasteiger partial charge in [0.1, 0.15) is 11.5 Å². The lowest BCUT2D eigenvalue weighted by Gasteiger charge is -2.15. The molecule has 2 N–H and O–H groups in total. The summed E-state index contributed by atoms with van der Waals surface area (Å²) < 4.78 is 14.4. The molecular weight excluding hydrogens is 287 g/mol. The van der Waals surface area contributed by atoms with Crippen LogP contribution < -0.4 is 5.73 Å². The van der Waals surface area contributed by atoms with Crippen LogP contribution in [0.2, 0.25) is 5.02 Å². The molecule has 0 aliphatic carbocycles. The second kappa shape index (κ2) is 5.09. The minimum atomic E-state index is -0.576. The molecule has 2 aromatic rings. The monoisotopic (exact) mass is 298 g/mol. The molecule has 8 heteroatoms. The van der Waals surface area contributed by atoms with Crippen LogP contribution in [0.4, 0.5) is 15.9 Å². The molecule has 106 valence electrons. The number of hydrogen-bond donors (Lipinski definition) is 1. The molecule has 0 bridgehead atoms. The Hall–Kier alpha value is -2.15. The van der Waals surface area contributed by atoms with Gasteiger partial charge in [-0.1, -0.05) is 17.7 Å². The standard InChI is InChI=1S/C12H12ClFN4O2/c1-6-11(18(19)20)12(15)17(16-6)7(2)9-4-3-8(14)5-10(9)13/h3-5,7H,15H2,1-2H3. The molecule has 1 atom stereocenters. The van der Waals surface area contributed by atoms with Gasteiger partial charge in [0.25, 0.3) is 0 Å². The molecule has 0 aliphatic heterocycles. The second-order valence-electron chi connectivity index (χ2n) is 4.36. The van der Waals surface area contributed by atoms with Crippen molar-refractivity contribution < 1.29 is 9.31 Å². The maximum atomic E-state index is 13.0. The Labute approximate surface area is 119 Å². The van der Waals surface area contributed by atoms with Crippen LogP contribution in [0.3, 0.4) is 0 Å². The molecule has 1 unspecified atom stereocenters. The summed E-state index contributed by atoms with van der Waals surface area (Å²) in [4.78, 5) is 10.3. The number of nitrogen functional groups attached to an aromatic ring is 1. The number of benzene rings is 1. The van der Waals surface area contributed by atoms with Crippen molar-refractivity contribution in [3.05, 3.63) is 50.4 Å². The Morgan fingerprint density at radius 1 is 1.55 bits per heavy atom. The zero-order valence-electron chi connectivity index (χ0n) is 10.8. The molecule has 1 aromatic carbocycles. The number of anilines is 1. The van der Waals surface area contributed by atoms with Gasteiger partial charge >= 0.3 is 5.69 Å². The lowest BCUT2D eigenvalue weighted by molar-refractivity contribution is -0.384. The lowest BCUT2D eigenvalue weighted by Crippen LogP contribution is -2.12. The van der Waals surface area contributed by atoms with Crippen LogP contribution in [-0.2, 0) is 0 Å². The summed E-state index contributed by atoms with van der Waals surface area (Å²) in [7, 11) is 0. The minimum absolute atomic E-state index is 0.0552. The van der Waals surface area contributed by atoms with Crippen molar-refractivity contribution in [1.29, 1.82) is 0 Å². The fourth-order valence-electron chi connectivity index (χ4n) is 2.05. The quantitative estimate of drug-likeness (QED) is 0.697. The van der Waals surface area contributed by atoms with Gasteiger partial charge in [-0.05, 0) is 31.5 Å². The number of hydrogen-bond acceptors (Lipinski definition) is 4. The van der Waals surface area contributed by atoms with Crippen LogP contribution in [0.1, 0.15) is 24.2 Å². The van der Waals surface area contributed by atoms with Crippen molar-refractivity contribution in [3.8, 4) is 0 Å². The summed E-state index contributed by atoms with van der Waals surface area (Å²) in [6.45, 7) is 3.23. The average Bonchev–Trinajstić information content (AvgIpc) is 2.64. The molecule has 0 saturated heterocycles. The predicted octanol–water partition coefficient (Wildman–Crippen LogP) is 3.08. The van der Waals surface area contributed by atoms with E-state index in [1.165, 1.54) is 29.8 Å². The average molecular weight is 299 g/mol.